The van der Waals surface area contributed by atoms with Crippen molar-refractivity contribution in [2.45, 2.75) is 13.0 Å². The van der Waals surface area contributed by atoms with Crippen LogP contribution in [-0.4, -0.2) is 9.91 Å². The van der Waals surface area contributed by atoms with E-state index < -0.39 is 22.6 Å². The maximum atomic E-state index is 13.4. The number of fused-ring (bicyclic) bond motifs is 1. The number of pyridine rings is 1. The quantitative estimate of drug-likeness (QED) is 0.561. The minimum absolute atomic E-state index is 0.102. The Bertz CT molecular complexity index is 931. The molecule has 0 amide bonds. The fraction of sp³-hybridized carbons (Fsp3) is 0.118. The maximum absolute atomic E-state index is 13.4. The van der Waals surface area contributed by atoms with Gasteiger partial charge >= 0.3 is 5.69 Å². The van der Waals surface area contributed by atoms with E-state index in [1.54, 1.807) is 37.4 Å². The molecule has 1 N–H and O–H groups in total. The molecule has 5 nitrogen and oxygen atoms in total. The van der Waals surface area contributed by atoms with E-state index in [-0.39, 0.29) is 11.4 Å². The van der Waals surface area contributed by atoms with Crippen LogP contribution >= 0.6 is 0 Å². The largest absolute Gasteiger partial charge is 0.373 e. The number of nitrogens with one attached hydrogen (secondary N) is 1. The Morgan fingerprint density at radius 1 is 1.17 bits per heavy atom. The van der Waals surface area contributed by atoms with Crippen LogP contribution in [0.5, 0.6) is 0 Å². The smallest absolute Gasteiger partial charge is 0.301 e. The molecule has 0 radical (unpaired) electrons. The molecule has 2 aromatic carbocycles. The van der Waals surface area contributed by atoms with Gasteiger partial charge in [-0.3, -0.25) is 15.1 Å². The summed E-state index contributed by atoms with van der Waals surface area (Å²) in [5.74, 6) is -1.90. The molecule has 0 saturated heterocycles. The van der Waals surface area contributed by atoms with Crippen LogP contribution in [0.4, 0.5) is 20.2 Å². The summed E-state index contributed by atoms with van der Waals surface area (Å²) in [5.41, 5.74) is 1.18. The molecule has 0 fully saturated rings. The average molecular weight is 329 g/mol. The molecule has 0 aliphatic carbocycles. The molecule has 0 saturated carbocycles. The van der Waals surface area contributed by atoms with Crippen molar-refractivity contribution in [3.05, 3.63) is 76.0 Å². The zero-order valence-electron chi connectivity index (χ0n) is 12.7. The molecule has 0 bridgehead atoms. The van der Waals surface area contributed by atoms with Crippen LogP contribution in [0.3, 0.4) is 0 Å². The first-order valence-electron chi connectivity index (χ1n) is 7.21. The van der Waals surface area contributed by atoms with E-state index in [0.29, 0.717) is 16.5 Å². The fourth-order valence-corrected chi connectivity index (χ4v) is 2.55. The molecule has 0 aliphatic heterocycles. The minimum atomic E-state index is -0.960. The number of rotatable bonds is 4. The highest BCUT2D eigenvalue weighted by Gasteiger charge is 2.20. The first kappa shape index (κ1) is 15.8. The molecule has 1 heterocycles. The molecule has 0 spiro atoms. The van der Waals surface area contributed by atoms with Crippen molar-refractivity contribution < 1.29 is 13.7 Å². The molecule has 1 atom stereocenters. The highest BCUT2D eigenvalue weighted by atomic mass is 19.2. The van der Waals surface area contributed by atoms with Crippen LogP contribution in [0.2, 0.25) is 0 Å². The van der Waals surface area contributed by atoms with Crippen molar-refractivity contribution >= 4 is 22.3 Å². The van der Waals surface area contributed by atoms with Crippen LogP contribution in [-0.2, 0) is 0 Å². The summed E-state index contributed by atoms with van der Waals surface area (Å²) in [7, 11) is 0. The number of anilines is 1. The van der Waals surface area contributed by atoms with Gasteiger partial charge in [0.15, 0.2) is 11.6 Å². The number of benzene rings is 2. The fourth-order valence-electron chi connectivity index (χ4n) is 2.55. The second-order valence-electron chi connectivity index (χ2n) is 5.33. The van der Waals surface area contributed by atoms with Gasteiger partial charge in [-0.2, -0.15) is 0 Å². The van der Waals surface area contributed by atoms with Gasteiger partial charge in [-0.25, -0.2) is 8.78 Å². The van der Waals surface area contributed by atoms with E-state index >= 15 is 0 Å². The lowest BCUT2D eigenvalue weighted by atomic mass is 10.1. The number of hydrogen-bond donors (Lipinski definition) is 1. The summed E-state index contributed by atoms with van der Waals surface area (Å²) in [5, 5.41) is 14.9. The van der Waals surface area contributed by atoms with E-state index in [2.05, 4.69) is 10.3 Å². The molecular weight excluding hydrogens is 316 g/mol. The summed E-state index contributed by atoms with van der Waals surface area (Å²) in [6.45, 7) is 1.71. The summed E-state index contributed by atoms with van der Waals surface area (Å²) in [6, 6.07) is 9.55. The summed E-state index contributed by atoms with van der Waals surface area (Å²) < 4.78 is 26.4. The lowest BCUT2D eigenvalue weighted by Crippen LogP contribution is -2.09. The normalized spacial score (nSPS) is 12.1. The van der Waals surface area contributed by atoms with E-state index in [4.69, 9.17) is 0 Å². The molecule has 7 heteroatoms. The third-order valence-corrected chi connectivity index (χ3v) is 3.75. The summed E-state index contributed by atoms with van der Waals surface area (Å²) in [6.07, 6.45) is 1.56. The van der Waals surface area contributed by atoms with Crippen LogP contribution in [0.15, 0.2) is 48.7 Å². The van der Waals surface area contributed by atoms with Gasteiger partial charge in [-0.15, -0.1) is 0 Å². The lowest BCUT2D eigenvalue weighted by Gasteiger charge is -2.16. The van der Waals surface area contributed by atoms with Gasteiger partial charge < -0.3 is 5.32 Å². The highest BCUT2D eigenvalue weighted by molar-refractivity contribution is 5.94. The molecule has 24 heavy (non-hydrogen) atoms. The standard InChI is InChI=1S/C17H13F2N3O2/c1-10(11-4-5-13(18)14(19)9-11)21-16-7-6-15-12(3-2-8-20-15)17(16)22(23)24/h2-10,21H,1H3/t10-/m1/s1. The predicted octanol–water partition coefficient (Wildman–Crippen LogP) is 4.59. The number of nitro groups is 1. The summed E-state index contributed by atoms with van der Waals surface area (Å²) in [4.78, 5) is 15.1. The molecule has 122 valence electrons. The number of hydrogen-bond acceptors (Lipinski definition) is 4. The van der Waals surface area contributed by atoms with Crippen LogP contribution in [0, 0.1) is 21.7 Å². The SMILES string of the molecule is C[C@@H](Nc1ccc2ncccc2c1[N+](=O)[O-])c1ccc(F)c(F)c1. The van der Waals surface area contributed by atoms with Crippen molar-refractivity contribution in [2.75, 3.05) is 5.32 Å². The van der Waals surface area contributed by atoms with E-state index in [9.17, 15) is 18.9 Å². The van der Waals surface area contributed by atoms with Gasteiger partial charge in [-0.05, 0) is 48.9 Å². The van der Waals surface area contributed by atoms with Crippen molar-refractivity contribution in [1.82, 2.24) is 4.98 Å². The molecule has 0 aliphatic rings. The Morgan fingerprint density at radius 3 is 2.67 bits per heavy atom. The molecule has 3 aromatic rings. The number of aromatic nitrogens is 1. The predicted molar refractivity (Wildman–Crippen MR) is 86.8 cm³/mol. The van der Waals surface area contributed by atoms with Gasteiger partial charge in [0.25, 0.3) is 0 Å². The molecule has 1 aromatic heterocycles. The van der Waals surface area contributed by atoms with E-state index in [1.165, 1.54) is 6.07 Å². The van der Waals surface area contributed by atoms with Gasteiger partial charge in [0.2, 0.25) is 0 Å². The molecule has 0 unspecified atom stereocenters. The third-order valence-electron chi connectivity index (χ3n) is 3.75. The number of halogens is 2. The molecule has 3 rings (SSSR count). The zero-order chi connectivity index (χ0) is 17.3. The van der Waals surface area contributed by atoms with Gasteiger partial charge in [0.05, 0.1) is 15.8 Å². The molecular formula is C17H13F2N3O2. The van der Waals surface area contributed by atoms with Gasteiger partial charge in [0, 0.05) is 12.2 Å². The van der Waals surface area contributed by atoms with Crippen molar-refractivity contribution in [2.24, 2.45) is 0 Å². The Balaban J connectivity index is 2.01. The second kappa shape index (κ2) is 6.19. The highest BCUT2D eigenvalue weighted by Crippen LogP contribution is 2.34. The van der Waals surface area contributed by atoms with Crippen LogP contribution < -0.4 is 5.32 Å². The maximum Gasteiger partial charge on any atom is 0.301 e. The third kappa shape index (κ3) is 2.88. The average Bonchev–Trinajstić information content (AvgIpc) is 2.56. The van der Waals surface area contributed by atoms with E-state index in [0.717, 1.165) is 12.1 Å². The minimum Gasteiger partial charge on any atom is -0.373 e. The van der Waals surface area contributed by atoms with Crippen molar-refractivity contribution in [3.8, 4) is 0 Å². The Hall–Kier alpha value is -3.09. The first-order chi connectivity index (χ1) is 11.5. The first-order valence-corrected chi connectivity index (χ1v) is 7.21. The van der Waals surface area contributed by atoms with Crippen LogP contribution in [0.25, 0.3) is 10.9 Å². The lowest BCUT2D eigenvalue weighted by molar-refractivity contribution is -0.382. The van der Waals surface area contributed by atoms with Gasteiger partial charge in [0.1, 0.15) is 5.69 Å². The monoisotopic (exact) mass is 329 g/mol. The zero-order valence-corrected chi connectivity index (χ0v) is 12.7. The van der Waals surface area contributed by atoms with E-state index in [1.807, 2.05) is 0 Å². The van der Waals surface area contributed by atoms with Crippen molar-refractivity contribution in [1.29, 1.82) is 0 Å². The Labute approximate surface area is 136 Å². The number of nitro benzene ring substituents is 1. The van der Waals surface area contributed by atoms with Crippen LogP contribution in [0.1, 0.15) is 18.5 Å². The van der Waals surface area contributed by atoms with Gasteiger partial charge in [-0.1, -0.05) is 6.07 Å². The Morgan fingerprint density at radius 2 is 1.96 bits per heavy atom. The Kier molecular flexibility index (Phi) is 4.07. The number of nitrogens with zero attached hydrogens (tertiary/aromatic N) is 2. The summed E-state index contributed by atoms with van der Waals surface area (Å²) >= 11 is 0. The van der Waals surface area contributed by atoms with Crippen molar-refractivity contribution in [3.63, 3.8) is 0 Å². The topological polar surface area (TPSA) is 68.1 Å². The second-order valence-corrected chi connectivity index (χ2v) is 5.33.